The van der Waals surface area contributed by atoms with E-state index in [0.717, 1.165) is 34.5 Å². The second-order valence-electron chi connectivity index (χ2n) is 4.80. The van der Waals surface area contributed by atoms with Gasteiger partial charge in [-0.1, -0.05) is 28.1 Å². The highest BCUT2D eigenvalue weighted by molar-refractivity contribution is 9.10. The van der Waals surface area contributed by atoms with E-state index in [9.17, 15) is 0 Å². The van der Waals surface area contributed by atoms with Crippen molar-refractivity contribution in [2.24, 2.45) is 5.73 Å². The number of nitrogens with zero attached hydrogens (tertiary/aromatic N) is 1. The van der Waals surface area contributed by atoms with Crippen LogP contribution in [0.25, 0.3) is 0 Å². The number of ether oxygens (including phenoxy) is 1. The first kappa shape index (κ1) is 14.3. The Morgan fingerprint density at radius 2 is 2.29 bits per heavy atom. The summed E-state index contributed by atoms with van der Waals surface area (Å²) in [5.74, 6) is 0.995. The molecule has 6 heteroatoms. The second-order valence-corrected chi connectivity index (χ2v) is 6.15. The highest BCUT2D eigenvalue weighted by Gasteiger charge is 2.17. The number of aromatic nitrogens is 1. The molecule has 108 valence electrons. The molecule has 3 N–H and O–H groups in total. The summed E-state index contributed by atoms with van der Waals surface area (Å²) in [6.07, 6.45) is 2.65. The number of nitrogens with two attached hydrogens (primary N) is 1. The summed E-state index contributed by atoms with van der Waals surface area (Å²) in [6.45, 7) is 1.42. The fraction of sp³-hybridized carbons (Fsp3) is 0.200. The molecule has 0 saturated heterocycles. The number of pyridine rings is 1. The molecule has 1 aliphatic rings. The molecule has 3 rings (SSSR count). The highest BCUT2D eigenvalue weighted by Crippen LogP contribution is 2.33. The number of thiocarbonyl (C=S) groups is 1. The van der Waals surface area contributed by atoms with Gasteiger partial charge in [0.25, 0.3) is 0 Å². The summed E-state index contributed by atoms with van der Waals surface area (Å²) in [5.41, 5.74) is 9.52. The van der Waals surface area contributed by atoms with Crippen molar-refractivity contribution in [3.05, 3.63) is 51.8 Å². The lowest BCUT2D eigenvalue weighted by Gasteiger charge is -2.11. The minimum atomic E-state index is 0.297. The van der Waals surface area contributed by atoms with E-state index >= 15 is 0 Å². The van der Waals surface area contributed by atoms with E-state index in [1.807, 2.05) is 12.1 Å². The van der Waals surface area contributed by atoms with Gasteiger partial charge in [0.1, 0.15) is 10.7 Å². The molecule has 1 aliphatic heterocycles. The number of fused-ring (bicyclic) bond motifs is 1. The minimum Gasteiger partial charge on any atom is -0.493 e. The lowest BCUT2D eigenvalue weighted by molar-refractivity contribution is 0.354. The van der Waals surface area contributed by atoms with Crippen LogP contribution < -0.4 is 15.8 Å². The second kappa shape index (κ2) is 5.99. The lowest BCUT2D eigenvalue weighted by atomic mass is 10.1. The van der Waals surface area contributed by atoms with Gasteiger partial charge in [-0.05, 0) is 29.8 Å². The van der Waals surface area contributed by atoms with E-state index in [-0.39, 0.29) is 0 Å². The standard InChI is InChI=1S/C15H14BrN3OS/c16-11-5-9-2-4-20-14(9)10(6-11)8-19-12-1-3-18-13(7-12)15(17)21/h1,3,5-7H,2,4,8H2,(H2,17,21)(H,18,19). The Bertz CT molecular complexity index is 705. The van der Waals surface area contributed by atoms with Crippen LogP contribution >= 0.6 is 28.1 Å². The van der Waals surface area contributed by atoms with Gasteiger partial charge in [-0.3, -0.25) is 4.98 Å². The van der Waals surface area contributed by atoms with E-state index in [4.69, 9.17) is 22.7 Å². The van der Waals surface area contributed by atoms with Gasteiger partial charge in [0.15, 0.2) is 0 Å². The van der Waals surface area contributed by atoms with E-state index in [2.05, 4.69) is 38.4 Å². The van der Waals surface area contributed by atoms with Crippen molar-refractivity contribution in [3.8, 4) is 5.75 Å². The first-order valence-electron chi connectivity index (χ1n) is 6.57. The molecular weight excluding hydrogens is 350 g/mol. The van der Waals surface area contributed by atoms with Crippen LogP contribution in [0.3, 0.4) is 0 Å². The van der Waals surface area contributed by atoms with Crippen LogP contribution in [-0.2, 0) is 13.0 Å². The topological polar surface area (TPSA) is 60.2 Å². The number of hydrogen-bond acceptors (Lipinski definition) is 4. The van der Waals surface area contributed by atoms with Gasteiger partial charge in [0.05, 0.1) is 12.3 Å². The molecule has 0 saturated carbocycles. The molecule has 0 aliphatic carbocycles. The molecule has 21 heavy (non-hydrogen) atoms. The molecule has 0 bridgehead atoms. The SMILES string of the molecule is NC(=S)c1cc(NCc2cc(Br)cc3c2OCC3)ccn1. The normalized spacial score (nSPS) is 12.6. The lowest BCUT2D eigenvalue weighted by Crippen LogP contribution is -2.12. The molecule has 0 spiro atoms. The Morgan fingerprint density at radius 1 is 1.43 bits per heavy atom. The minimum absolute atomic E-state index is 0.297. The van der Waals surface area contributed by atoms with Gasteiger partial charge in [-0.2, -0.15) is 0 Å². The van der Waals surface area contributed by atoms with Crippen molar-refractivity contribution in [3.63, 3.8) is 0 Å². The van der Waals surface area contributed by atoms with Crippen molar-refractivity contribution < 1.29 is 4.74 Å². The van der Waals surface area contributed by atoms with Gasteiger partial charge in [-0.25, -0.2) is 0 Å². The third kappa shape index (κ3) is 3.16. The van der Waals surface area contributed by atoms with Crippen LogP contribution in [0.15, 0.2) is 34.9 Å². The van der Waals surface area contributed by atoms with Gasteiger partial charge >= 0.3 is 0 Å². The number of nitrogens with one attached hydrogen (secondary N) is 1. The number of halogens is 1. The molecule has 1 aromatic heterocycles. The van der Waals surface area contributed by atoms with Crippen molar-refractivity contribution in [2.75, 3.05) is 11.9 Å². The summed E-state index contributed by atoms with van der Waals surface area (Å²) in [7, 11) is 0. The predicted molar refractivity (Wildman–Crippen MR) is 90.8 cm³/mol. The van der Waals surface area contributed by atoms with E-state index in [1.54, 1.807) is 6.20 Å². The molecule has 1 aromatic carbocycles. The highest BCUT2D eigenvalue weighted by atomic mass is 79.9. The quantitative estimate of drug-likeness (QED) is 0.817. The van der Waals surface area contributed by atoms with Gasteiger partial charge in [0, 0.05) is 34.9 Å². The average Bonchev–Trinajstić information content (AvgIpc) is 2.93. The Labute approximate surface area is 136 Å². The molecule has 2 heterocycles. The van der Waals surface area contributed by atoms with E-state index in [0.29, 0.717) is 17.2 Å². The Balaban J connectivity index is 1.79. The van der Waals surface area contributed by atoms with Crippen LogP contribution in [0.1, 0.15) is 16.8 Å². The summed E-state index contributed by atoms with van der Waals surface area (Å²) in [4.78, 5) is 4.42. The van der Waals surface area contributed by atoms with Crippen LogP contribution in [0, 0.1) is 0 Å². The zero-order valence-corrected chi connectivity index (χ0v) is 13.6. The number of hydrogen-bond donors (Lipinski definition) is 2. The average molecular weight is 364 g/mol. The molecule has 4 nitrogen and oxygen atoms in total. The van der Waals surface area contributed by atoms with Crippen LogP contribution in [0.5, 0.6) is 5.75 Å². The van der Waals surface area contributed by atoms with Crippen molar-refractivity contribution in [1.29, 1.82) is 0 Å². The van der Waals surface area contributed by atoms with Crippen molar-refractivity contribution in [2.45, 2.75) is 13.0 Å². The number of benzene rings is 1. The van der Waals surface area contributed by atoms with Crippen LogP contribution in [-0.4, -0.2) is 16.6 Å². The maximum Gasteiger partial charge on any atom is 0.127 e. The van der Waals surface area contributed by atoms with Crippen LogP contribution in [0.2, 0.25) is 0 Å². The first-order valence-corrected chi connectivity index (χ1v) is 7.77. The maximum atomic E-state index is 5.72. The Morgan fingerprint density at radius 3 is 3.10 bits per heavy atom. The number of anilines is 1. The molecule has 0 unspecified atom stereocenters. The molecule has 0 radical (unpaired) electrons. The molecule has 0 amide bonds. The Kier molecular flexibility index (Phi) is 4.07. The fourth-order valence-corrected chi connectivity index (χ4v) is 3.01. The smallest absolute Gasteiger partial charge is 0.127 e. The third-order valence-corrected chi connectivity index (χ3v) is 3.99. The summed E-state index contributed by atoms with van der Waals surface area (Å²) in [5, 5.41) is 3.36. The first-order chi connectivity index (χ1) is 10.1. The summed E-state index contributed by atoms with van der Waals surface area (Å²) in [6, 6.07) is 7.93. The van der Waals surface area contributed by atoms with Gasteiger partial charge in [0.2, 0.25) is 0 Å². The van der Waals surface area contributed by atoms with E-state index < -0.39 is 0 Å². The van der Waals surface area contributed by atoms with E-state index in [1.165, 1.54) is 5.56 Å². The summed E-state index contributed by atoms with van der Waals surface area (Å²) >= 11 is 8.49. The zero-order valence-electron chi connectivity index (χ0n) is 11.2. The maximum absolute atomic E-state index is 5.72. The largest absolute Gasteiger partial charge is 0.493 e. The summed E-state index contributed by atoms with van der Waals surface area (Å²) < 4.78 is 6.79. The Hall–Kier alpha value is -1.66. The monoisotopic (exact) mass is 363 g/mol. The van der Waals surface area contributed by atoms with Crippen molar-refractivity contribution in [1.82, 2.24) is 4.98 Å². The predicted octanol–water partition coefficient (Wildman–Crippen LogP) is 3.03. The van der Waals surface area contributed by atoms with Crippen LogP contribution in [0.4, 0.5) is 5.69 Å². The zero-order chi connectivity index (χ0) is 14.8. The molecular formula is C15H14BrN3OS. The van der Waals surface area contributed by atoms with Gasteiger partial charge < -0.3 is 15.8 Å². The van der Waals surface area contributed by atoms with Gasteiger partial charge in [-0.15, -0.1) is 0 Å². The van der Waals surface area contributed by atoms with Crippen molar-refractivity contribution >= 4 is 38.8 Å². The third-order valence-electron chi connectivity index (χ3n) is 3.32. The fourth-order valence-electron chi connectivity index (χ4n) is 2.35. The molecule has 0 atom stereocenters. The molecule has 2 aromatic rings. The molecule has 0 fully saturated rings. The number of rotatable bonds is 4.